The number of hydrogen-bond donors (Lipinski definition) is 2. The lowest BCUT2D eigenvalue weighted by atomic mass is 10.4. The van der Waals surface area contributed by atoms with Crippen LogP contribution >= 0.6 is 0 Å². The molecule has 0 aliphatic carbocycles. The Labute approximate surface area is 66.5 Å². The van der Waals surface area contributed by atoms with Crippen molar-refractivity contribution >= 4 is 5.91 Å². The highest BCUT2D eigenvalue weighted by molar-refractivity contribution is 5.77. The fraction of sp³-hybridized carbons (Fsp3) is 0.857. The lowest BCUT2D eigenvalue weighted by Crippen LogP contribution is -2.33. The second-order valence-electron chi connectivity index (χ2n) is 2.29. The Hall–Kier alpha value is -0.610. The first kappa shape index (κ1) is 10.4. The zero-order valence-electron chi connectivity index (χ0n) is 6.96. The van der Waals surface area contributed by atoms with Gasteiger partial charge in [-0.1, -0.05) is 0 Å². The van der Waals surface area contributed by atoms with Crippen LogP contribution in [0.5, 0.6) is 0 Å². The molecular formula is C7H15NO3. The Balaban J connectivity index is 3.23. The van der Waals surface area contributed by atoms with Gasteiger partial charge < -0.3 is 15.2 Å². The van der Waals surface area contributed by atoms with Gasteiger partial charge >= 0.3 is 0 Å². The van der Waals surface area contributed by atoms with Crippen molar-refractivity contribution < 1.29 is 14.6 Å². The predicted molar refractivity (Wildman–Crippen MR) is 41.2 cm³/mol. The first-order valence-electron chi connectivity index (χ1n) is 3.69. The summed E-state index contributed by atoms with van der Waals surface area (Å²) in [6.45, 7) is 4.32. The average Bonchev–Trinajstić information content (AvgIpc) is 1.97. The van der Waals surface area contributed by atoms with Crippen LogP contribution in [-0.2, 0) is 9.53 Å². The van der Waals surface area contributed by atoms with Crippen molar-refractivity contribution in [2.24, 2.45) is 0 Å². The van der Waals surface area contributed by atoms with E-state index < -0.39 is 6.10 Å². The molecule has 0 aromatic heterocycles. The molecule has 0 spiro atoms. The molecule has 0 aliphatic rings. The average molecular weight is 161 g/mol. The van der Waals surface area contributed by atoms with Crippen molar-refractivity contribution in [1.29, 1.82) is 0 Å². The number of aliphatic hydroxyl groups is 1. The van der Waals surface area contributed by atoms with Crippen LogP contribution < -0.4 is 5.32 Å². The summed E-state index contributed by atoms with van der Waals surface area (Å²) in [7, 11) is 0. The Morgan fingerprint density at radius 2 is 2.36 bits per heavy atom. The molecule has 1 amide bonds. The smallest absolute Gasteiger partial charge is 0.246 e. The quantitative estimate of drug-likeness (QED) is 0.572. The maximum atomic E-state index is 10.8. The zero-order chi connectivity index (χ0) is 8.69. The summed E-state index contributed by atoms with van der Waals surface area (Å²) in [4.78, 5) is 10.8. The second-order valence-corrected chi connectivity index (χ2v) is 2.29. The predicted octanol–water partition coefficient (Wildman–Crippen LogP) is -0.480. The van der Waals surface area contributed by atoms with Crippen molar-refractivity contribution in [3.63, 3.8) is 0 Å². The van der Waals surface area contributed by atoms with E-state index in [1.807, 2.05) is 6.92 Å². The van der Waals surface area contributed by atoms with Gasteiger partial charge in [0.15, 0.2) is 0 Å². The van der Waals surface area contributed by atoms with Crippen molar-refractivity contribution in [2.45, 2.75) is 20.0 Å². The molecule has 0 saturated heterocycles. The number of hydrogen-bond acceptors (Lipinski definition) is 3. The largest absolute Gasteiger partial charge is 0.392 e. The van der Waals surface area contributed by atoms with Crippen LogP contribution in [-0.4, -0.2) is 36.9 Å². The van der Waals surface area contributed by atoms with Gasteiger partial charge in [0.1, 0.15) is 6.61 Å². The normalized spacial score (nSPS) is 12.6. The molecule has 66 valence electrons. The molecule has 11 heavy (non-hydrogen) atoms. The summed E-state index contributed by atoms with van der Waals surface area (Å²) < 4.78 is 4.83. The summed E-state index contributed by atoms with van der Waals surface area (Å²) >= 11 is 0. The number of amides is 1. The molecule has 0 bridgehead atoms. The van der Waals surface area contributed by atoms with Gasteiger partial charge in [0.05, 0.1) is 6.10 Å². The van der Waals surface area contributed by atoms with Gasteiger partial charge in [-0.25, -0.2) is 0 Å². The van der Waals surface area contributed by atoms with Crippen LogP contribution in [0.1, 0.15) is 13.8 Å². The molecule has 1 atom stereocenters. The molecule has 0 fully saturated rings. The highest BCUT2D eigenvalue weighted by Gasteiger charge is 2.01. The van der Waals surface area contributed by atoms with Gasteiger partial charge in [0.25, 0.3) is 0 Å². The Kier molecular flexibility index (Phi) is 5.78. The van der Waals surface area contributed by atoms with Crippen LogP contribution in [0.4, 0.5) is 0 Å². The van der Waals surface area contributed by atoms with Gasteiger partial charge in [0.2, 0.25) is 5.91 Å². The van der Waals surface area contributed by atoms with E-state index in [0.717, 1.165) is 0 Å². The monoisotopic (exact) mass is 161 g/mol. The summed E-state index contributed by atoms with van der Waals surface area (Å²) in [6, 6.07) is 0. The number of carbonyl (C=O) groups excluding carboxylic acids is 1. The number of aliphatic hydroxyl groups excluding tert-OH is 1. The molecule has 0 aliphatic heterocycles. The first-order chi connectivity index (χ1) is 5.16. The van der Waals surface area contributed by atoms with Crippen molar-refractivity contribution in [3.8, 4) is 0 Å². The number of ether oxygens (including phenoxy) is 1. The topological polar surface area (TPSA) is 58.6 Å². The van der Waals surface area contributed by atoms with E-state index in [4.69, 9.17) is 9.84 Å². The summed E-state index contributed by atoms with van der Waals surface area (Å²) in [5.74, 6) is -0.187. The van der Waals surface area contributed by atoms with Gasteiger partial charge in [-0.2, -0.15) is 0 Å². The van der Waals surface area contributed by atoms with E-state index in [2.05, 4.69) is 5.32 Å². The second kappa shape index (κ2) is 6.12. The zero-order valence-corrected chi connectivity index (χ0v) is 6.96. The molecule has 0 saturated carbocycles. The molecular weight excluding hydrogens is 146 g/mol. The molecule has 4 nitrogen and oxygen atoms in total. The third kappa shape index (κ3) is 7.29. The van der Waals surface area contributed by atoms with E-state index >= 15 is 0 Å². The summed E-state index contributed by atoms with van der Waals surface area (Å²) in [5.41, 5.74) is 0. The van der Waals surface area contributed by atoms with E-state index in [0.29, 0.717) is 6.61 Å². The number of carbonyl (C=O) groups is 1. The molecule has 0 radical (unpaired) electrons. The highest BCUT2D eigenvalue weighted by Crippen LogP contribution is 1.77. The maximum Gasteiger partial charge on any atom is 0.246 e. The van der Waals surface area contributed by atoms with Crippen molar-refractivity contribution in [1.82, 2.24) is 5.32 Å². The van der Waals surface area contributed by atoms with Crippen LogP contribution in [0, 0.1) is 0 Å². The van der Waals surface area contributed by atoms with Crippen LogP contribution in [0.2, 0.25) is 0 Å². The fourth-order valence-electron chi connectivity index (χ4n) is 0.507. The van der Waals surface area contributed by atoms with Crippen LogP contribution in [0.15, 0.2) is 0 Å². The molecule has 0 heterocycles. The standard InChI is InChI=1S/C7H15NO3/c1-3-11-5-7(10)8-4-6(2)9/h6,9H,3-5H2,1-2H3,(H,8,10)/t6-/m0/s1. The fourth-order valence-corrected chi connectivity index (χ4v) is 0.507. The first-order valence-corrected chi connectivity index (χ1v) is 3.69. The number of nitrogens with one attached hydrogen (secondary N) is 1. The van der Waals surface area contributed by atoms with Crippen LogP contribution in [0.3, 0.4) is 0 Å². The van der Waals surface area contributed by atoms with Crippen LogP contribution in [0.25, 0.3) is 0 Å². The molecule has 0 aromatic rings. The van der Waals surface area contributed by atoms with Crippen molar-refractivity contribution in [3.05, 3.63) is 0 Å². The third-order valence-corrected chi connectivity index (χ3v) is 1.03. The Morgan fingerprint density at radius 1 is 1.73 bits per heavy atom. The maximum absolute atomic E-state index is 10.8. The minimum absolute atomic E-state index is 0.0726. The summed E-state index contributed by atoms with van der Waals surface area (Å²) in [5, 5.41) is 11.3. The molecule has 0 aromatic carbocycles. The SMILES string of the molecule is CCOCC(=O)NC[C@H](C)O. The summed E-state index contributed by atoms with van der Waals surface area (Å²) in [6.07, 6.45) is -0.499. The molecule has 2 N–H and O–H groups in total. The van der Waals surface area contributed by atoms with E-state index in [1.165, 1.54) is 0 Å². The minimum atomic E-state index is -0.499. The lowest BCUT2D eigenvalue weighted by molar-refractivity contribution is -0.125. The van der Waals surface area contributed by atoms with Crippen molar-refractivity contribution in [2.75, 3.05) is 19.8 Å². The third-order valence-electron chi connectivity index (χ3n) is 1.03. The van der Waals surface area contributed by atoms with E-state index in [9.17, 15) is 4.79 Å². The Bertz CT molecular complexity index is 114. The van der Waals surface area contributed by atoms with Gasteiger partial charge in [-0.15, -0.1) is 0 Å². The van der Waals surface area contributed by atoms with E-state index in [-0.39, 0.29) is 19.1 Å². The minimum Gasteiger partial charge on any atom is -0.392 e. The van der Waals surface area contributed by atoms with Gasteiger partial charge in [-0.3, -0.25) is 4.79 Å². The van der Waals surface area contributed by atoms with Gasteiger partial charge in [-0.05, 0) is 13.8 Å². The number of rotatable bonds is 5. The Morgan fingerprint density at radius 3 is 2.82 bits per heavy atom. The van der Waals surface area contributed by atoms with E-state index in [1.54, 1.807) is 6.92 Å². The molecule has 4 heteroatoms. The molecule has 0 unspecified atom stereocenters. The van der Waals surface area contributed by atoms with Gasteiger partial charge in [0, 0.05) is 13.2 Å². The lowest BCUT2D eigenvalue weighted by Gasteiger charge is -2.06. The molecule has 0 rings (SSSR count). The highest BCUT2D eigenvalue weighted by atomic mass is 16.5.